The first kappa shape index (κ1) is 10.6. The van der Waals surface area contributed by atoms with Crippen molar-refractivity contribution < 1.29 is 8.78 Å². The van der Waals surface area contributed by atoms with Crippen molar-refractivity contribution in [2.45, 2.75) is 52.0 Å². The maximum absolute atomic E-state index is 12.6. The van der Waals surface area contributed by atoms with Crippen LogP contribution in [-0.2, 0) is 0 Å². The number of rotatable bonds is 2. The van der Waals surface area contributed by atoms with Gasteiger partial charge >= 0.3 is 0 Å². The number of alkyl halides is 2. The fourth-order valence-electron chi connectivity index (χ4n) is 2.33. The van der Waals surface area contributed by atoms with Crippen molar-refractivity contribution in [2.24, 2.45) is 0 Å². The molecule has 84 valence electrons. The van der Waals surface area contributed by atoms with Gasteiger partial charge in [-0.05, 0) is 32.3 Å². The van der Waals surface area contributed by atoms with Crippen LogP contribution in [0.4, 0.5) is 8.78 Å². The van der Waals surface area contributed by atoms with E-state index in [1.807, 2.05) is 11.6 Å². The number of nitrogens with zero attached hydrogens (tertiary/aromatic N) is 2. The summed E-state index contributed by atoms with van der Waals surface area (Å²) in [6.45, 7) is 3.61. The molecule has 0 aliphatic heterocycles. The molecule has 1 aromatic rings. The van der Waals surface area contributed by atoms with Gasteiger partial charge in [-0.2, -0.15) is 5.10 Å². The van der Waals surface area contributed by atoms with Crippen molar-refractivity contribution in [1.82, 2.24) is 9.78 Å². The van der Waals surface area contributed by atoms with Crippen LogP contribution in [0.15, 0.2) is 0 Å². The van der Waals surface area contributed by atoms with Crippen molar-refractivity contribution in [3.8, 4) is 0 Å². The Morgan fingerprint density at radius 3 is 2.33 bits per heavy atom. The zero-order valence-electron chi connectivity index (χ0n) is 9.13. The quantitative estimate of drug-likeness (QED) is 0.736. The summed E-state index contributed by atoms with van der Waals surface area (Å²) < 4.78 is 27.1. The summed E-state index contributed by atoms with van der Waals surface area (Å²) in [5.74, 6) is 0. The highest BCUT2D eigenvalue weighted by molar-refractivity contribution is 5.25. The monoisotopic (exact) mass is 214 g/mol. The molecule has 1 heterocycles. The average Bonchev–Trinajstić information content (AvgIpc) is 2.77. The van der Waals surface area contributed by atoms with Gasteiger partial charge in [0.2, 0.25) is 0 Å². The second kappa shape index (κ2) is 3.91. The van der Waals surface area contributed by atoms with Crippen molar-refractivity contribution in [3.63, 3.8) is 0 Å². The molecule has 0 spiro atoms. The summed E-state index contributed by atoms with van der Waals surface area (Å²) in [7, 11) is 0. The smallest absolute Gasteiger partial charge is 0.266 e. The third-order valence-electron chi connectivity index (χ3n) is 3.36. The van der Waals surface area contributed by atoms with Crippen LogP contribution in [0.5, 0.6) is 0 Å². The number of halogens is 2. The van der Waals surface area contributed by atoms with Crippen LogP contribution in [0.1, 0.15) is 55.1 Å². The fraction of sp³-hybridized carbons (Fsp3) is 0.727. The SMILES string of the molecule is Cc1c(C(F)F)nn(C2CCCC2)c1C. The second-order valence-corrected chi connectivity index (χ2v) is 4.28. The fourth-order valence-corrected chi connectivity index (χ4v) is 2.33. The molecule has 0 unspecified atom stereocenters. The normalized spacial score (nSPS) is 17.9. The molecule has 1 saturated carbocycles. The Bertz CT molecular complexity index is 352. The Labute approximate surface area is 88.3 Å². The molecule has 2 nitrogen and oxygen atoms in total. The van der Waals surface area contributed by atoms with Gasteiger partial charge in [-0.15, -0.1) is 0 Å². The van der Waals surface area contributed by atoms with Crippen molar-refractivity contribution in [3.05, 3.63) is 17.0 Å². The molecule has 0 radical (unpaired) electrons. The van der Waals surface area contributed by atoms with Crippen molar-refractivity contribution >= 4 is 0 Å². The molecule has 0 atom stereocenters. The van der Waals surface area contributed by atoms with E-state index in [0.717, 1.165) is 18.5 Å². The maximum atomic E-state index is 12.6. The molecule has 1 aliphatic rings. The Hall–Kier alpha value is -0.930. The van der Waals surface area contributed by atoms with Crippen LogP contribution in [0.2, 0.25) is 0 Å². The molecule has 0 bridgehead atoms. The highest BCUT2D eigenvalue weighted by atomic mass is 19.3. The van der Waals surface area contributed by atoms with Crippen LogP contribution in [0.3, 0.4) is 0 Å². The largest absolute Gasteiger partial charge is 0.282 e. The lowest BCUT2D eigenvalue weighted by molar-refractivity contribution is 0.143. The topological polar surface area (TPSA) is 17.8 Å². The summed E-state index contributed by atoms with van der Waals surface area (Å²) in [6.07, 6.45) is 2.07. The van der Waals surface area contributed by atoms with Crippen LogP contribution < -0.4 is 0 Å². The van der Waals surface area contributed by atoms with E-state index in [-0.39, 0.29) is 5.69 Å². The molecular formula is C11H16F2N2. The molecule has 1 aromatic heterocycles. The Morgan fingerprint density at radius 2 is 1.87 bits per heavy atom. The van der Waals surface area contributed by atoms with Crippen molar-refractivity contribution in [2.75, 3.05) is 0 Å². The van der Waals surface area contributed by atoms with E-state index in [1.165, 1.54) is 12.8 Å². The summed E-state index contributed by atoms with van der Waals surface area (Å²) in [4.78, 5) is 0. The highest BCUT2D eigenvalue weighted by Gasteiger charge is 2.24. The lowest BCUT2D eigenvalue weighted by Crippen LogP contribution is -2.08. The van der Waals surface area contributed by atoms with E-state index in [9.17, 15) is 8.78 Å². The third kappa shape index (κ3) is 1.77. The second-order valence-electron chi connectivity index (χ2n) is 4.28. The van der Waals surface area contributed by atoms with E-state index < -0.39 is 6.43 Å². The van der Waals surface area contributed by atoms with Gasteiger partial charge in [0.15, 0.2) is 0 Å². The Kier molecular flexibility index (Phi) is 2.76. The highest BCUT2D eigenvalue weighted by Crippen LogP contribution is 2.33. The first-order valence-corrected chi connectivity index (χ1v) is 5.45. The van der Waals surface area contributed by atoms with E-state index >= 15 is 0 Å². The minimum Gasteiger partial charge on any atom is -0.266 e. The first-order chi connectivity index (χ1) is 7.11. The van der Waals surface area contributed by atoms with Crippen molar-refractivity contribution in [1.29, 1.82) is 0 Å². The molecule has 0 amide bonds. The molecular weight excluding hydrogens is 198 g/mol. The van der Waals surface area contributed by atoms with Gasteiger partial charge in [-0.3, -0.25) is 4.68 Å². The average molecular weight is 214 g/mol. The molecule has 0 saturated heterocycles. The van der Waals surface area contributed by atoms with Gasteiger partial charge in [0.25, 0.3) is 6.43 Å². The number of hydrogen-bond donors (Lipinski definition) is 0. The van der Waals surface area contributed by atoms with E-state index in [0.29, 0.717) is 11.6 Å². The molecule has 0 N–H and O–H groups in total. The molecule has 1 fully saturated rings. The zero-order chi connectivity index (χ0) is 11.0. The van der Waals surface area contributed by atoms with Gasteiger partial charge in [0.1, 0.15) is 5.69 Å². The predicted octanol–water partition coefficient (Wildman–Crippen LogP) is 3.55. The first-order valence-electron chi connectivity index (χ1n) is 5.45. The van der Waals surface area contributed by atoms with Crippen LogP contribution in [0, 0.1) is 13.8 Å². The van der Waals surface area contributed by atoms with Crippen LogP contribution in [-0.4, -0.2) is 9.78 Å². The minimum absolute atomic E-state index is 0.0422. The molecule has 1 aliphatic carbocycles. The lowest BCUT2D eigenvalue weighted by atomic mass is 10.2. The Morgan fingerprint density at radius 1 is 1.27 bits per heavy atom. The van der Waals surface area contributed by atoms with Crippen LogP contribution in [0.25, 0.3) is 0 Å². The van der Waals surface area contributed by atoms with E-state index in [4.69, 9.17) is 0 Å². The maximum Gasteiger partial charge on any atom is 0.282 e. The summed E-state index contributed by atoms with van der Waals surface area (Å²) in [5, 5.41) is 4.06. The van der Waals surface area contributed by atoms with Gasteiger partial charge in [0.05, 0.1) is 6.04 Å². The Balaban J connectivity index is 2.35. The summed E-state index contributed by atoms with van der Waals surface area (Å²) >= 11 is 0. The molecule has 15 heavy (non-hydrogen) atoms. The molecule has 0 aromatic carbocycles. The minimum atomic E-state index is -2.45. The third-order valence-corrected chi connectivity index (χ3v) is 3.36. The van der Waals surface area contributed by atoms with Gasteiger partial charge in [0, 0.05) is 5.69 Å². The standard InChI is InChI=1S/C11H16F2N2/c1-7-8(2)15(9-5-3-4-6-9)14-10(7)11(12)13/h9,11H,3-6H2,1-2H3. The lowest BCUT2D eigenvalue weighted by Gasteiger charge is -2.11. The summed E-state index contributed by atoms with van der Waals surface area (Å²) in [5.41, 5.74) is 1.51. The molecule has 4 heteroatoms. The van der Waals surface area contributed by atoms with Gasteiger partial charge < -0.3 is 0 Å². The van der Waals surface area contributed by atoms with E-state index in [2.05, 4.69) is 5.10 Å². The van der Waals surface area contributed by atoms with E-state index in [1.54, 1.807) is 6.92 Å². The van der Waals surface area contributed by atoms with Crippen LogP contribution >= 0.6 is 0 Å². The van der Waals surface area contributed by atoms with Gasteiger partial charge in [-0.1, -0.05) is 12.8 Å². The molecule has 2 rings (SSSR count). The number of aromatic nitrogens is 2. The summed E-state index contributed by atoms with van der Waals surface area (Å²) in [6, 6.07) is 0.344. The van der Waals surface area contributed by atoms with Gasteiger partial charge in [-0.25, -0.2) is 8.78 Å². The predicted molar refractivity (Wildman–Crippen MR) is 54.2 cm³/mol. The number of hydrogen-bond acceptors (Lipinski definition) is 1. The zero-order valence-corrected chi connectivity index (χ0v) is 9.13.